The van der Waals surface area contributed by atoms with Crippen LogP contribution < -0.4 is 10.5 Å². The van der Waals surface area contributed by atoms with Gasteiger partial charge in [0.15, 0.2) is 0 Å². The second kappa shape index (κ2) is 6.40. The summed E-state index contributed by atoms with van der Waals surface area (Å²) >= 11 is 0. The van der Waals surface area contributed by atoms with Crippen LogP contribution in [0.25, 0.3) is 0 Å². The molecule has 0 radical (unpaired) electrons. The molecule has 1 atom stereocenters. The quantitative estimate of drug-likeness (QED) is 0.838. The molecule has 0 saturated carbocycles. The van der Waals surface area contributed by atoms with Crippen molar-refractivity contribution in [3.05, 3.63) is 29.3 Å². The van der Waals surface area contributed by atoms with E-state index in [1.807, 2.05) is 6.92 Å². The van der Waals surface area contributed by atoms with E-state index in [1.54, 1.807) is 0 Å². The lowest BCUT2D eigenvalue weighted by molar-refractivity contribution is 0.530. The summed E-state index contributed by atoms with van der Waals surface area (Å²) in [4.78, 5) is -0.560. The van der Waals surface area contributed by atoms with Crippen molar-refractivity contribution in [1.82, 2.24) is 4.72 Å². The number of sulfonamides is 1. The molecular weight excluding hydrogens is 274 g/mol. The van der Waals surface area contributed by atoms with Crippen molar-refractivity contribution in [1.29, 1.82) is 0 Å². The molecule has 19 heavy (non-hydrogen) atoms. The Bertz CT molecular complexity index is 547. The third kappa shape index (κ3) is 4.22. The van der Waals surface area contributed by atoms with Gasteiger partial charge in [-0.15, -0.1) is 0 Å². The van der Waals surface area contributed by atoms with E-state index < -0.39 is 26.6 Å². The second-order valence-corrected chi connectivity index (χ2v) is 6.17. The predicted octanol–water partition coefficient (Wildman–Crippen LogP) is 1.68. The van der Waals surface area contributed by atoms with Gasteiger partial charge in [-0.05, 0) is 25.0 Å². The van der Waals surface area contributed by atoms with Crippen LogP contribution in [0.3, 0.4) is 0 Å². The SMILES string of the molecule is CCC[C@H](N)CNS(=O)(=O)c1cc(C)c(F)cc1F. The van der Waals surface area contributed by atoms with Crippen molar-refractivity contribution in [3.63, 3.8) is 0 Å². The normalized spacial score (nSPS) is 13.5. The van der Waals surface area contributed by atoms with Crippen LogP contribution in [-0.4, -0.2) is 21.0 Å². The molecule has 0 bridgehead atoms. The molecular formula is C12H18F2N2O2S. The Labute approximate surface area is 112 Å². The summed E-state index contributed by atoms with van der Waals surface area (Å²) in [7, 11) is -4.02. The van der Waals surface area contributed by atoms with Gasteiger partial charge in [-0.25, -0.2) is 21.9 Å². The molecule has 0 aliphatic rings. The van der Waals surface area contributed by atoms with Gasteiger partial charge in [0.05, 0.1) is 0 Å². The van der Waals surface area contributed by atoms with Crippen LogP contribution in [0.5, 0.6) is 0 Å². The zero-order valence-electron chi connectivity index (χ0n) is 10.9. The number of nitrogens with two attached hydrogens (primary N) is 1. The monoisotopic (exact) mass is 292 g/mol. The lowest BCUT2D eigenvalue weighted by atomic mass is 10.2. The van der Waals surface area contributed by atoms with Gasteiger partial charge in [0.25, 0.3) is 0 Å². The summed E-state index contributed by atoms with van der Waals surface area (Å²) in [5, 5.41) is 0. The smallest absolute Gasteiger partial charge is 0.243 e. The number of aryl methyl sites for hydroxylation is 1. The molecule has 0 fully saturated rings. The van der Waals surface area contributed by atoms with Crippen LogP contribution in [0.15, 0.2) is 17.0 Å². The second-order valence-electron chi connectivity index (χ2n) is 4.43. The molecule has 0 aliphatic heterocycles. The van der Waals surface area contributed by atoms with Crippen LogP contribution in [0.4, 0.5) is 8.78 Å². The summed E-state index contributed by atoms with van der Waals surface area (Å²) in [5.74, 6) is -1.89. The molecule has 1 aromatic rings. The summed E-state index contributed by atoms with van der Waals surface area (Å²) in [6.07, 6.45) is 1.49. The van der Waals surface area contributed by atoms with E-state index in [2.05, 4.69) is 4.72 Å². The van der Waals surface area contributed by atoms with Gasteiger partial charge < -0.3 is 5.73 Å². The van der Waals surface area contributed by atoms with Crippen molar-refractivity contribution < 1.29 is 17.2 Å². The van der Waals surface area contributed by atoms with Gasteiger partial charge in [-0.2, -0.15) is 0 Å². The van der Waals surface area contributed by atoms with Crippen LogP contribution in [0, 0.1) is 18.6 Å². The lowest BCUT2D eigenvalue weighted by Crippen LogP contribution is -2.37. The van der Waals surface area contributed by atoms with Crippen LogP contribution >= 0.6 is 0 Å². The summed E-state index contributed by atoms with van der Waals surface area (Å²) in [5.41, 5.74) is 5.75. The zero-order valence-corrected chi connectivity index (χ0v) is 11.7. The van der Waals surface area contributed by atoms with Gasteiger partial charge in [0, 0.05) is 18.7 Å². The number of nitrogens with one attached hydrogen (secondary N) is 1. The van der Waals surface area contributed by atoms with E-state index in [1.165, 1.54) is 6.92 Å². The standard InChI is InChI=1S/C12H18F2N2O2S/c1-3-4-9(15)7-16-19(17,18)12-5-8(2)10(13)6-11(12)14/h5-6,9,16H,3-4,7,15H2,1-2H3/t9-/m0/s1. The maximum absolute atomic E-state index is 13.5. The van der Waals surface area contributed by atoms with Crippen LogP contribution in [-0.2, 0) is 10.0 Å². The summed E-state index contributed by atoms with van der Waals surface area (Å²) < 4.78 is 52.6. The van der Waals surface area contributed by atoms with Crippen molar-refractivity contribution in [2.45, 2.75) is 37.6 Å². The molecule has 0 spiro atoms. The maximum Gasteiger partial charge on any atom is 0.243 e. The van der Waals surface area contributed by atoms with Crippen LogP contribution in [0.1, 0.15) is 25.3 Å². The van der Waals surface area contributed by atoms with Crippen molar-refractivity contribution >= 4 is 10.0 Å². The number of halogens is 2. The predicted molar refractivity (Wildman–Crippen MR) is 69.2 cm³/mol. The fraction of sp³-hybridized carbons (Fsp3) is 0.500. The molecule has 4 nitrogen and oxygen atoms in total. The van der Waals surface area contributed by atoms with Gasteiger partial charge in [-0.1, -0.05) is 13.3 Å². The molecule has 0 unspecified atom stereocenters. The number of hydrogen-bond acceptors (Lipinski definition) is 3. The van der Waals surface area contributed by atoms with E-state index in [9.17, 15) is 17.2 Å². The molecule has 7 heteroatoms. The highest BCUT2D eigenvalue weighted by molar-refractivity contribution is 7.89. The Kier molecular flexibility index (Phi) is 5.39. The molecule has 0 saturated heterocycles. The highest BCUT2D eigenvalue weighted by Crippen LogP contribution is 2.18. The number of rotatable bonds is 6. The van der Waals surface area contributed by atoms with E-state index in [-0.39, 0.29) is 18.2 Å². The highest BCUT2D eigenvalue weighted by Gasteiger charge is 2.21. The Morgan fingerprint density at radius 1 is 1.32 bits per heavy atom. The first-order chi connectivity index (χ1) is 8.77. The maximum atomic E-state index is 13.5. The van der Waals surface area contributed by atoms with Crippen LogP contribution in [0.2, 0.25) is 0 Å². The average Bonchev–Trinajstić information content (AvgIpc) is 2.31. The molecule has 0 aromatic heterocycles. The molecule has 3 N–H and O–H groups in total. The minimum atomic E-state index is -4.02. The van der Waals surface area contributed by atoms with Crippen molar-refractivity contribution in [3.8, 4) is 0 Å². The van der Waals surface area contributed by atoms with Gasteiger partial charge in [0.1, 0.15) is 16.5 Å². The summed E-state index contributed by atoms with van der Waals surface area (Å²) in [6, 6.07) is 1.21. The molecule has 108 valence electrons. The van der Waals surface area contributed by atoms with Gasteiger partial charge in [-0.3, -0.25) is 0 Å². The van der Waals surface area contributed by atoms with E-state index in [0.717, 1.165) is 12.5 Å². The average molecular weight is 292 g/mol. The minimum absolute atomic E-state index is 0.0199. The molecule has 1 aromatic carbocycles. The first-order valence-electron chi connectivity index (χ1n) is 5.98. The lowest BCUT2D eigenvalue weighted by Gasteiger charge is -2.13. The molecule has 0 aliphatic carbocycles. The third-order valence-corrected chi connectivity index (χ3v) is 4.14. The molecule has 1 rings (SSSR count). The Balaban J connectivity index is 2.92. The van der Waals surface area contributed by atoms with E-state index in [0.29, 0.717) is 12.5 Å². The van der Waals surface area contributed by atoms with E-state index >= 15 is 0 Å². The highest BCUT2D eigenvalue weighted by atomic mass is 32.2. The third-order valence-electron chi connectivity index (χ3n) is 2.70. The number of hydrogen-bond donors (Lipinski definition) is 2. The first kappa shape index (κ1) is 16.0. The molecule has 0 amide bonds. The zero-order chi connectivity index (χ0) is 14.6. The van der Waals surface area contributed by atoms with E-state index in [4.69, 9.17) is 5.73 Å². The Morgan fingerprint density at radius 3 is 2.53 bits per heavy atom. The Hall–Kier alpha value is -1.05. The number of benzene rings is 1. The van der Waals surface area contributed by atoms with Gasteiger partial charge in [0.2, 0.25) is 10.0 Å². The van der Waals surface area contributed by atoms with Crippen molar-refractivity contribution in [2.24, 2.45) is 5.73 Å². The molecule has 0 heterocycles. The fourth-order valence-electron chi connectivity index (χ4n) is 1.60. The fourth-order valence-corrected chi connectivity index (χ4v) is 2.84. The minimum Gasteiger partial charge on any atom is -0.327 e. The largest absolute Gasteiger partial charge is 0.327 e. The van der Waals surface area contributed by atoms with Gasteiger partial charge >= 0.3 is 0 Å². The van der Waals surface area contributed by atoms with Crippen molar-refractivity contribution in [2.75, 3.05) is 6.54 Å². The Morgan fingerprint density at radius 2 is 1.95 bits per heavy atom. The summed E-state index contributed by atoms with van der Waals surface area (Å²) in [6.45, 7) is 3.32. The first-order valence-corrected chi connectivity index (χ1v) is 7.47. The topological polar surface area (TPSA) is 72.2 Å².